The Labute approximate surface area is 111 Å². The van der Waals surface area contributed by atoms with Gasteiger partial charge in [-0.1, -0.05) is 29.8 Å². The summed E-state index contributed by atoms with van der Waals surface area (Å²) in [6, 6.07) is 13.0. The fourth-order valence-electron chi connectivity index (χ4n) is 1.61. The molecule has 1 heterocycles. The van der Waals surface area contributed by atoms with E-state index < -0.39 is 0 Å². The number of nitriles is 1. The lowest BCUT2D eigenvalue weighted by Gasteiger charge is -2.04. The highest BCUT2D eigenvalue weighted by Crippen LogP contribution is 2.07. The Hall–Kier alpha value is -2.67. The summed E-state index contributed by atoms with van der Waals surface area (Å²) in [6.45, 7) is 2.00. The van der Waals surface area contributed by atoms with Crippen LogP contribution < -0.4 is 5.32 Å². The maximum Gasteiger partial charge on any atom is 0.229 e. The molecule has 0 aliphatic rings. The Kier molecular flexibility index (Phi) is 3.89. The number of amides is 1. The highest BCUT2D eigenvalue weighted by Gasteiger charge is 2.04. The van der Waals surface area contributed by atoms with Gasteiger partial charge in [-0.05, 0) is 24.6 Å². The van der Waals surface area contributed by atoms with Gasteiger partial charge in [-0.15, -0.1) is 0 Å². The average Bonchev–Trinajstić information content (AvgIpc) is 2.42. The van der Waals surface area contributed by atoms with Gasteiger partial charge < -0.3 is 5.32 Å². The summed E-state index contributed by atoms with van der Waals surface area (Å²) in [4.78, 5) is 15.8. The first-order valence-electron chi connectivity index (χ1n) is 5.89. The number of hydrogen-bond donors (Lipinski definition) is 1. The Morgan fingerprint density at radius 1 is 1.26 bits per heavy atom. The van der Waals surface area contributed by atoms with E-state index in [2.05, 4.69) is 10.3 Å². The van der Waals surface area contributed by atoms with Crippen LogP contribution in [0.5, 0.6) is 0 Å². The monoisotopic (exact) mass is 251 g/mol. The Morgan fingerprint density at radius 3 is 2.58 bits per heavy atom. The van der Waals surface area contributed by atoms with Crippen LogP contribution in [-0.2, 0) is 11.2 Å². The van der Waals surface area contributed by atoms with Gasteiger partial charge in [-0.25, -0.2) is 4.98 Å². The maximum absolute atomic E-state index is 11.8. The molecule has 0 atom stereocenters. The molecule has 0 aliphatic carbocycles. The first-order valence-corrected chi connectivity index (χ1v) is 5.89. The number of carbonyl (C=O) groups is 1. The second-order valence-electron chi connectivity index (χ2n) is 4.25. The van der Waals surface area contributed by atoms with Crippen molar-refractivity contribution in [1.29, 1.82) is 5.26 Å². The van der Waals surface area contributed by atoms with Gasteiger partial charge in [0.25, 0.3) is 0 Å². The van der Waals surface area contributed by atoms with E-state index >= 15 is 0 Å². The van der Waals surface area contributed by atoms with E-state index in [1.165, 1.54) is 6.20 Å². The fourth-order valence-corrected chi connectivity index (χ4v) is 1.61. The molecule has 2 aromatic rings. The second-order valence-corrected chi connectivity index (χ2v) is 4.25. The number of aryl methyl sites for hydroxylation is 1. The molecule has 2 rings (SSSR count). The van der Waals surface area contributed by atoms with Crippen LogP contribution in [0.15, 0.2) is 42.6 Å². The SMILES string of the molecule is Cc1ccc(CC(=O)Nc2ccc(C#N)cn2)cc1. The summed E-state index contributed by atoms with van der Waals surface area (Å²) < 4.78 is 0. The minimum atomic E-state index is -0.124. The number of rotatable bonds is 3. The predicted molar refractivity (Wildman–Crippen MR) is 72.5 cm³/mol. The number of pyridine rings is 1. The summed E-state index contributed by atoms with van der Waals surface area (Å²) in [6.07, 6.45) is 1.74. The molecule has 0 radical (unpaired) electrons. The lowest BCUT2D eigenvalue weighted by molar-refractivity contribution is -0.115. The number of aromatic nitrogens is 1. The van der Waals surface area contributed by atoms with Gasteiger partial charge in [0.1, 0.15) is 11.9 Å². The average molecular weight is 251 g/mol. The van der Waals surface area contributed by atoms with Crippen LogP contribution >= 0.6 is 0 Å². The summed E-state index contributed by atoms with van der Waals surface area (Å²) in [5, 5.41) is 11.3. The lowest BCUT2D eigenvalue weighted by Crippen LogP contribution is -2.15. The summed E-state index contributed by atoms with van der Waals surface area (Å²) in [5.41, 5.74) is 2.59. The van der Waals surface area contributed by atoms with Gasteiger partial charge in [0.05, 0.1) is 12.0 Å². The van der Waals surface area contributed by atoms with Gasteiger partial charge in [-0.3, -0.25) is 4.79 Å². The second kappa shape index (κ2) is 5.78. The molecule has 94 valence electrons. The zero-order chi connectivity index (χ0) is 13.7. The molecule has 0 spiro atoms. The molecule has 0 saturated carbocycles. The van der Waals surface area contributed by atoms with Crippen LogP contribution in [0.1, 0.15) is 16.7 Å². The number of benzene rings is 1. The number of hydrogen-bond acceptors (Lipinski definition) is 3. The third-order valence-corrected chi connectivity index (χ3v) is 2.65. The minimum absolute atomic E-state index is 0.124. The van der Waals surface area contributed by atoms with Gasteiger partial charge >= 0.3 is 0 Å². The van der Waals surface area contributed by atoms with Crippen molar-refractivity contribution in [1.82, 2.24) is 4.98 Å². The highest BCUT2D eigenvalue weighted by molar-refractivity contribution is 5.91. The van der Waals surface area contributed by atoms with E-state index in [9.17, 15) is 4.79 Å². The zero-order valence-corrected chi connectivity index (χ0v) is 10.6. The third kappa shape index (κ3) is 3.65. The molecule has 4 heteroatoms. The molecule has 1 amide bonds. The van der Waals surface area contributed by atoms with Crippen molar-refractivity contribution in [2.75, 3.05) is 5.32 Å². The first-order chi connectivity index (χ1) is 9.17. The Morgan fingerprint density at radius 2 is 2.00 bits per heavy atom. The van der Waals surface area contributed by atoms with E-state index in [0.29, 0.717) is 17.8 Å². The van der Waals surface area contributed by atoms with E-state index in [4.69, 9.17) is 5.26 Å². The number of nitrogens with zero attached hydrogens (tertiary/aromatic N) is 2. The van der Waals surface area contributed by atoms with E-state index in [1.807, 2.05) is 37.3 Å². The molecule has 0 fully saturated rings. The van der Waals surface area contributed by atoms with Crippen molar-refractivity contribution >= 4 is 11.7 Å². The van der Waals surface area contributed by atoms with Crippen LogP contribution in [0.3, 0.4) is 0 Å². The summed E-state index contributed by atoms with van der Waals surface area (Å²) in [7, 11) is 0. The van der Waals surface area contributed by atoms with Crippen molar-refractivity contribution < 1.29 is 4.79 Å². The van der Waals surface area contributed by atoms with Crippen LogP contribution in [0.2, 0.25) is 0 Å². The van der Waals surface area contributed by atoms with Gasteiger partial charge in [0.15, 0.2) is 0 Å². The quantitative estimate of drug-likeness (QED) is 0.911. The van der Waals surface area contributed by atoms with Crippen LogP contribution in [-0.4, -0.2) is 10.9 Å². The molecule has 0 saturated heterocycles. The topological polar surface area (TPSA) is 65.8 Å². The maximum atomic E-state index is 11.8. The van der Waals surface area contributed by atoms with Crippen LogP contribution in [0.25, 0.3) is 0 Å². The van der Waals surface area contributed by atoms with Crippen molar-refractivity contribution in [2.24, 2.45) is 0 Å². The highest BCUT2D eigenvalue weighted by atomic mass is 16.1. The van der Waals surface area contributed by atoms with E-state index in [-0.39, 0.29) is 5.91 Å². The molecule has 1 aromatic heterocycles. The molecule has 19 heavy (non-hydrogen) atoms. The molecular weight excluding hydrogens is 238 g/mol. The third-order valence-electron chi connectivity index (χ3n) is 2.65. The standard InChI is InChI=1S/C15H13N3O/c1-11-2-4-12(5-3-11)8-15(19)18-14-7-6-13(9-16)10-17-14/h2-7,10H,8H2,1H3,(H,17,18,19). The van der Waals surface area contributed by atoms with Crippen LogP contribution in [0, 0.1) is 18.3 Å². The molecular formula is C15H13N3O. The van der Waals surface area contributed by atoms with E-state index in [1.54, 1.807) is 12.1 Å². The van der Waals surface area contributed by atoms with Crippen molar-refractivity contribution in [2.45, 2.75) is 13.3 Å². The molecule has 1 aromatic carbocycles. The number of anilines is 1. The number of carbonyl (C=O) groups excluding carboxylic acids is 1. The normalized spacial score (nSPS) is 9.68. The molecule has 4 nitrogen and oxygen atoms in total. The molecule has 1 N–H and O–H groups in total. The van der Waals surface area contributed by atoms with Gasteiger partial charge in [0.2, 0.25) is 5.91 Å². The lowest BCUT2D eigenvalue weighted by atomic mass is 10.1. The number of nitrogens with one attached hydrogen (secondary N) is 1. The smallest absolute Gasteiger partial charge is 0.229 e. The van der Waals surface area contributed by atoms with Crippen molar-refractivity contribution in [3.8, 4) is 6.07 Å². The van der Waals surface area contributed by atoms with E-state index in [0.717, 1.165) is 11.1 Å². The first kappa shape index (κ1) is 12.8. The molecule has 0 aliphatic heterocycles. The van der Waals surface area contributed by atoms with Crippen molar-refractivity contribution in [3.63, 3.8) is 0 Å². The summed E-state index contributed by atoms with van der Waals surface area (Å²) in [5.74, 6) is 0.331. The summed E-state index contributed by atoms with van der Waals surface area (Å²) >= 11 is 0. The minimum Gasteiger partial charge on any atom is -0.310 e. The van der Waals surface area contributed by atoms with Crippen LogP contribution in [0.4, 0.5) is 5.82 Å². The predicted octanol–water partition coefficient (Wildman–Crippen LogP) is 2.44. The Bertz CT molecular complexity index is 609. The van der Waals surface area contributed by atoms with Gasteiger partial charge in [0, 0.05) is 6.20 Å². The molecule has 0 bridgehead atoms. The molecule has 0 unspecified atom stereocenters. The van der Waals surface area contributed by atoms with Gasteiger partial charge in [-0.2, -0.15) is 5.26 Å². The fraction of sp³-hybridized carbons (Fsp3) is 0.133. The van der Waals surface area contributed by atoms with Crippen molar-refractivity contribution in [3.05, 3.63) is 59.3 Å². The largest absolute Gasteiger partial charge is 0.310 e. The Balaban J connectivity index is 1.97. The zero-order valence-electron chi connectivity index (χ0n) is 10.6.